The summed E-state index contributed by atoms with van der Waals surface area (Å²) in [6, 6.07) is 5.00. The van der Waals surface area contributed by atoms with Crippen LogP contribution in [0, 0.1) is 17.2 Å². The molecule has 5 heteroatoms. The zero-order valence-corrected chi connectivity index (χ0v) is 16.0. The SMILES string of the molecule is CCCCCN(C)c1ccc(F)cc1CN1C[C@@H]2CCC[C@@]2(C(=O)O)C1. The molecule has 0 unspecified atom stereocenters. The maximum Gasteiger partial charge on any atom is 0.311 e. The summed E-state index contributed by atoms with van der Waals surface area (Å²) in [7, 11) is 2.06. The molecule has 3 rings (SSSR count). The van der Waals surface area contributed by atoms with E-state index in [1.165, 1.54) is 18.9 Å². The fraction of sp³-hybridized carbons (Fsp3) is 0.667. The largest absolute Gasteiger partial charge is 0.481 e. The minimum absolute atomic E-state index is 0.224. The van der Waals surface area contributed by atoms with Crippen LogP contribution in [0.4, 0.5) is 10.1 Å². The third-order valence-electron chi connectivity index (χ3n) is 6.31. The van der Waals surface area contributed by atoms with Crippen LogP contribution in [0.1, 0.15) is 51.0 Å². The highest BCUT2D eigenvalue weighted by Gasteiger charge is 2.54. The van der Waals surface area contributed by atoms with E-state index in [9.17, 15) is 14.3 Å². The molecule has 2 aliphatic rings. The monoisotopic (exact) mass is 362 g/mol. The van der Waals surface area contributed by atoms with E-state index >= 15 is 0 Å². The van der Waals surface area contributed by atoms with Crippen LogP contribution in [0.2, 0.25) is 0 Å². The number of benzene rings is 1. The number of aliphatic carboxylic acids is 1. The van der Waals surface area contributed by atoms with Crippen molar-refractivity contribution in [3.8, 4) is 0 Å². The number of halogens is 1. The van der Waals surface area contributed by atoms with Gasteiger partial charge in [-0.05, 0) is 48.9 Å². The number of nitrogens with zero attached hydrogens (tertiary/aromatic N) is 2. The molecule has 26 heavy (non-hydrogen) atoms. The number of carboxylic acids is 1. The number of anilines is 1. The van der Waals surface area contributed by atoms with Crippen LogP contribution in [-0.2, 0) is 11.3 Å². The average molecular weight is 362 g/mol. The predicted octanol–water partition coefficient (Wildman–Crippen LogP) is 4.14. The Balaban J connectivity index is 1.73. The fourth-order valence-corrected chi connectivity index (χ4v) is 4.88. The van der Waals surface area contributed by atoms with Gasteiger partial charge in [-0.15, -0.1) is 0 Å². The zero-order chi connectivity index (χ0) is 18.7. The summed E-state index contributed by atoms with van der Waals surface area (Å²) >= 11 is 0. The van der Waals surface area contributed by atoms with Gasteiger partial charge in [0, 0.05) is 38.9 Å². The van der Waals surface area contributed by atoms with Crippen LogP contribution in [-0.4, -0.2) is 42.7 Å². The molecule has 1 saturated carbocycles. The summed E-state index contributed by atoms with van der Waals surface area (Å²) in [6.45, 7) is 5.15. The molecule has 2 fully saturated rings. The summed E-state index contributed by atoms with van der Waals surface area (Å²) in [5.41, 5.74) is 1.44. The number of rotatable bonds is 8. The van der Waals surface area contributed by atoms with Crippen LogP contribution in [0.3, 0.4) is 0 Å². The maximum atomic E-state index is 13.9. The lowest BCUT2D eigenvalue weighted by molar-refractivity contribution is -0.149. The first kappa shape index (κ1) is 19.2. The molecule has 2 atom stereocenters. The number of hydrogen-bond acceptors (Lipinski definition) is 3. The molecule has 1 aromatic rings. The minimum Gasteiger partial charge on any atom is -0.481 e. The highest BCUT2D eigenvalue weighted by atomic mass is 19.1. The van der Waals surface area contributed by atoms with Gasteiger partial charge >= 0.3 is 5.97 Å². The molecule has 0 amide bonds. The van der Waals surface area contributed by atoms with Gasteiger partial charge in [-0.25, -0.2) is 4.39 Å². The van der Waals surface area contributed by atoms with Crippen LogP contribution in [0.5, 0.6) is 0 Å². The van der Waals surface area contributed by atoms with E-state index < -0.39 is 11.4 Å². The second-order valence-corrected chi connectivity index (χ2v) is 8.12. The zero-order valence-electron chi connectivity index (χ0n) is 16.0. The molecule has 4 nitrogen and oxygen atoms in total. The van der Waals surface area contributed by atoms with Gasteiger partial charge < -0.3 is 10.0 Å². The van der Waals surface area contributed by atoms with Gasteiger partial charge in [0.05, 0.1) is 5.41 Å². The van der Waals surface area contributed by atoms with Gasteiger partial charge in [0.2, 0.25) is 0 Å². The smallest absolute Gasteiger partial charge is 0.311 e. The standard InChI is InChI=1S/C21H31FN2O2/c1-3-4-5-11-23(2)19-9-8-18(22)12-16(19)13-24-14-17-7-6-10-21(17,15-24)20(25)26/h8-9,12,17H,3-7,10-11,13-15H2,1-2H3,(H,25,26)/t17-,21+/m0/s1. The average Bonchev–Trinajstić information content (AvgIpc) is 3.13. The lowest BCUT2D eigenvalue weighted by Gasteiger charge is -2.26. The van der Waals surface area contributed by atoms with Crippen molar-refractivity contribution < 1.29 is 14.3 Å². The Hall–Kier alpha value is -1.62. The molecule has 0 bridgehead atoms. The van der Waals surface area contributed by atoms with Crippen molar-refractivity contribution >= 4 is 11.7 Å². The summed E-state index contributed by atoms with van der Waals surface area (Å²) in [4.78, 5) is 16.3. The quantitative estimate of drug-likeness (QED) is 0.706. The highest BCUT2D eigenvalue weighted by Crippen LogP contribution is 2.49. The van der Waals surface area contributed by atoms with Gasteiger partial charge in [-0.1, -0.05) is 26.2 Å². The number of hydrogen-bond donors (Lipinski definition) is 1. The predicted molar refractivity (Wildman–Crippen MR) is 102 cm³/mol. The van der Waals surface area contributed by atoms with Gasteiger partial charge in [0.25, 0.3) is 0 Å². The molecule has 1 aliphatic heterocycles. The first-order valence-electron chi connectivity index (χ1n) is 9.91. The van der Waals surface area contributed by atoms with Gasteiger partial charge in [-0.3, -0.25) is 9.69 Å². The maximum absolute atomic E-state index is 13.9. The van der Waals surface area contributed by atoms with Crippen molar-refractivity contribution in [2.45, 2.75) is 52.0 Å². The minimum atomic E-state index is -0.654. The van der Waals surface area contributed by atoms with E-state index in [1.54, 1.807) is 6.07 Å². The molecular formula is C21H31FN2O2. The molecular weight excluding hydrogens is 331 g/mol. The normalized spacial score (nSPS) is 25.4. The number of carboxylic acid groups (broad SMARTS) is 1. The van der Waals surface area contributed by atoms with E-state index in [0.29, 0.717) is 13.1 Å². The summed E-state index contributed by atoms with van der Waals surface area (Å²) < 4.78 is 13.9. The van der Waals surface area contributed by atoms with Crippen LogP contribution in [0.15, 0.2) is 18.2 Å². The Labute approximate surface area is 156 Å². The van der Waals surface area contributed by atoms with Crippen molar-refractivity contribution in [3.05, 3.63) is 29.6 Å². The molecule has 1 heterocycles. The van der Waals surface area contributed by atoms with Crippen molar-refractivity contribution in [2.75, 3.05) is 31.6 Å². The second kappa shape index (κ2) is 7.95. The Bertz CT molecular complexity index is 651. The van der Waals surface area contributed by atoms with E-state index in [-0.39, 0.29) is 11.7 Å². The van der Waals surface area contributed by atoms with Crippen molar-refractivity contribution in [1.29, 1.82) is 0 Å². The lowest BCUT2D eigenvalue weighted by atomic mass is 9.81. The second-order valence-electron chi connectivity index (χ2n) is 8.12. The Morgan fingerprint density at radius 2 is 2.23 bits per heavy atom. The topological polar surface area (TPSA) is 43.8 Å². The molecule has 144 valence electrons. The van der Waals surface area contributed by atoms with Gasteiger partial charge in [0.1, 0.15) is 5.82 Å². The first-order chi connectivity index (χ1) is 12.5. The van der Waals surface area contributed by atoms with Crippen LogP contribution in [0.25, 0.3) is 0 Å². The van der Waals surface area contributed by atoms with E-state index in [1.807, 2.05) is 6.07 Å². The molecule has 1 saturated heterocycles. The number of fused-ring (bicyclic) bond motifs is 1. The first-order valence-corrected chi connectivity index (χ1v) is 9.91. The Morgan fingerprint density at radius 3 is 2.92 bits per heavy atom. The molecule has 0 aromatic heterocycles. The van der Waals surface area contributed by atoms with Crippen molar-refractivity contribution in [2.24, 2.45) is 11.3 Å². The Morgan fingerprint density at radius 1 is 1.42 bits per heavy atom. The highest BCUT2D eigenvalue weighted by molar-refractivity contribution is 5.76. The third kappa shape index (κ3) is 3.73. The van der Waals surface area contributed by atoms with E-state index in [4.69, 9.17) is 0 Å². The van der Waals surface area contributed by atoms with E-state index in [0.717, 1.165) is 50.0 Å². The molecule has 0 spiro atoms. The Kier molecular flexibility index (Phi) is 5.86. The van der Waals surface area contributed by atoms with E-state index in [2.05, 4.69) is 23.8 Å². The molecule has 1 N–H and O–H groups in total. The number of carbonyl (C=O) groups is 1. The van der Waals surface area contributed by atoms with Crippen molar-refractivity contribution in [1.82, 2.24) is 4.90 Å². The third-order valence-corrected chi connectivity index (χ3v) is 6.31. The van der Waals surface area contributed by atoms with Crippen LogP contribution >= 0.6 is 0 Å². The van der Waals surface area contributed by atoms with Gasteiger partial charge in [-0.2, -0.15) is 0 Å². The molecule has 1 aromatic carbocycles. The number of likely N-dealkylation sites (tertiary alicyclic amines) is 1. The summed E-state index contributed by atoms with van der Waals surface area (Å²) in [5.74, 6) is -0.643. The molecule has 1 aliphatic carbocycles. The summed E-state index contributed by atoms with van der Waals surface area (Å²) in [5, 5.41) is 9.77. The fourth-order valence-electron chi connectivity index (χ4n) is 4.88. The van der Waals surface area contributed by atoms with Gasteiger partial charge in [0.15, 0.2) is 0 Å². The molecule has 0 radical (unpaired) electrons. The summed E-state index contributed by atoms with van der Waals surface area (Å²) in [6.07, 6.45) is 6.27. The van der Waals surface area contributed by atoms with Crippen LogP contribution < -0.4 is 4.90 Å². The number of unbranched alkanes of at least 4 members (excludes halogenated alkanes) is 2. The van der Waals surface area contributed by atoms with Crippen molar-refractivity contribution in [3.63, 3.8) is 0 Å². The lowest BCUT2D eigenvalue weighted by Crippen LogP contribution is -2.35.